The minimum absolute atomic E-state index is 0.0274. The number of aromatic nitrogens is 2. The maximum Gasteiger partial charge on any atom is 0.391 e. The van der Waals surface area contributed by atoms with E-state index in [1.165, 1.54) is 38.7 Å². The van der Waals surface area contributed by atoms with Gasteiger partial charge in [-0.3, -0.25) is 4.79 Å². The van der Waals surface area contributed by atoms with Crippen molar-refractivity contribution < 1.29 is 18.0 Å². The van der Waals surface area contributed by atoms with E-state index < -0.39 is 17.5 Å². The van der Waals surface area contributed by atoms with Gasteiger partial charge in [-0.25, -0.2) is 4.98 Å². The summed E-state index contributed by atoms with van der Waals surface area (Å²) in [7, 11) is 4.00. The van der Waals surface area contributed by atoms with Crippen LogP contribution < -0.4 is 15.5 Å². The van der Waals surface area contributed by atoms with E-state index in [1.807, 2.05) is 31.7 Å². The molecule has 0 unspecified atom stereocenters. The molecule has 0 bridgehead atoms. The summed E-state index contributed by atoms with van der Waals surface area (Å²) in [6.45, 7) is 13.1. The van der Waals surface area contributed by atoms with Crippen LogP contribution in [0.25, 0.3) is 11.0 Å². The SMILES string of the molecule is CCC.CCl.CN1CCC(I)CC1.Cn1c(Nc2c(Cl)ccc(CNC(=O)C(C)(C)C)c2Cl)nc2cc(Cl)c(N3CCC(C(F)(F)F)CC3)cc21. The third kappa shape index (κ3) is 13.5. The number of hydrogen-bond acceptors (Lipinski definition) is 5. The van der Waals surface area contributed by atoms with E-state index in [9.17, 15) is 18.0 Å². The highest BCUT2D eigenvalue weighted by Crippen LogP contribution is 2.40. The number of carbonyl (C=O) groups is 1. The molecule has 5 rings (SSSR count). The Hall–Kier alpha value is -1.38. The number of fused-ring (bicyclic) bond motifs is 1. The molecule has 2 aromatic carbocycles. The van der Waals surface area contributed by atoms with Crippen LogP contribution in [0.1, 0.15) is 72.3 Å². The van der Waals surface area contributed by atoms with Crippen LogP contribution >= 0.6 is 69.0 Å². The molecular weight excluding hydrogens is 858 g/mol. The highest BCUT2D eigenvalue weighted by atomic mass is 127. The zero-order chi connectivity index (χ0) is 38.7. The monoisotopic (exact) mass is 908 g/mol. The average Bonchev–Trinajstić information content (AvgIpc) is 3.37. The molecule has 0 radical (unpaired) electrons. The summed E-state index contributed by atoms with van der Waals surface area (Å²) < 4.78 is 42.1. The van der Waals surface area contributed by atoms with E-state index in [0.717, 1.165) is 9.44 Å². The van der Waals surface area contributed by atoms with E-state index in [2.05, 4.69) is 75.6 Å². The van der Waals surface area contributed by atoms with E-state index in [1.54, 1.807) is 29.8 Å². The van der Waals surface area contributed by atoms with Crippen LogP contribution in [0.5, 0.6) is 0 Å². The number of piperidine rings is 2. The highest BCUT2D eigenvalue weighted by molar-refractivity contribution is 14.1. The maximum atomic E-state index is 13.1. The Morgan fingerprint density at radius 3 is 2.02 bits per heavy atom. The van der Waals surface area contributed by atoms with Crippen molar-refractivity contribution in [1.82, 2.24) is 19.8 Å². The molecule has 288 valence electrons. The minimum atomic E-state index is -4.18. The number of imidazole rings is 1. The number of halogens is 8. The molecule has 2 aliphatic rings. The smallest absolute Gasteiger partial charge is 0.370 e. The predicted molar refractivity (Wildman–Crippen MR) is 220 cm³/mol. The Morgan fingerprint density at radius 2 is 1.51 bits per heavy atom. The van der Waals surface area contributed by atoms with Crippen LogP contribution in [-0.2, 0) is 18.4 Å². The van der Waals surface area contributed by atoms with Gasteiger partial charge in [0, 0.05) is 42.4 Å². The lowest BCUT2D eigenvalue weighted by Crippen LogP contribution is -2.39. The van der Waals surface area contributed by atoms with E-state index in [-0.39, 0.29) is 38.4 Å². The molecule has 15 heteroatoms. The van der Waals surface area contributed by atoms with Gasteiger partial charge in [0.2, 0.25) is 11.9 Å². The molecule has 0 aliphatic carbocycles. The zero-order valence-corrected chi connectivity index (χ0v) is 35.9. The Labute approximate surface area is 335 Å². The van der Waals surface area contributed by atoms with Crippen LogP contribution in [0.3, 0.4) is 0 Å². The van der Waals surface area contributed by atoms with Gasteiger partial charge in [-0.05, 0) is 69.6 Å². The molecule has 2 saturated heterocycles. The summed E-state index contributed by atoms with van der Waals surface area (Å²) in [6.07, 6.45) is 1.37. The van der Waals surface area contributed by atoms with Crippen LogP contribution in [0.4, 0.5) is 30.5 Å². The van der Waals surface area contributed by atoms with Crippen molar-refractivity contribution in [3.63, 3.8) is 0 Å². The Kier molecular flexibility index (Phi) is 18.8. The molecule has 0 atom stereocenters. The molecule has 0 saturated carbocycles. The summed E-state index contributed by atoms with van der Waals surface area (Å²) >= 11 is 26.8. The number of alkyl halides is 5. The fraction of sp³-hybridized carbons (Fsp3) is 0.611. The summed E-state index contributed by atoms with van der Waals surface area (Å²) in [6, 6.07) is 6.98. The van der Waals surface area contributed by atoms with Gasteiger partial charge in [0.05, 0.1) is 43.4 Å². The van der Waals surface area contributed by atoms with E-state index in [0.29, 0.717) is 43.5 Å². The number of amides is 1. The molecule has 1 aromatic heterocycles. The number of carbonyl (C=O) groups excluding carboxylic acids is 1. The molecule has 3 heterocycles. The lowest BCUT2D eigenvalue weighted by Gasteiger charge is -2.34. The number of nitrogens with one attached hydrogen (secondary N) is 2. The lowest BCUT2D eigenvalue weighted by atomic mass is 9.95. The van der Waals surface area contributed by atoms with Gasteiger partial charge in [0.15, 0.2) is 0 Å². The number of rotatable bonds is 5. The third-order valence-electron chi connectivity index (χ3n) is 8.42. The Balaban J connectivity index is 0.000000590. The first-order valence-electron chi connectivity index (χ1n) is 17.1. The fourth-order valence-electron chi connectivity index (χ4n) is 5.38. The number of nitrogens with zero attached hydrogens (tertiary/aromatic N) is 4. The van der Waals surface area contributed by atoms with Crippen molar-refractivity contribution in [2.75, 3.05) is 49.8 Å². The summed E-state index contributed by atoms with van der Waals surface area (Å²) in [5.74, 6) is -0.951. The Bertz CT molecular complexity index is 1540. The number of hydrogen-bond donors (Lipinski definition) is 2. The Morgan fingerprint density at radius 1 is 0.941 bits per heavy atom. The largest absolute Gasteiger partial charge is 0.391 e. The van der Waals surface area contributed by atoms with Gasteiger partial charge in [-0.1, -0.05) is 104 Å². The molecule has 3 aromatic rings. The second kappa shape index (κ2) is 20.9. The quantitative estimate of drug-likeness (QED) is 0.197. The number of aryl methyl sites for hydroxylation is 1. The topological polar surface area (TPSA) is 65.4 Å². The minimum Gasteiger partial charge on any atom is -0.370 e. The van der Waals surface area contributed by atoms with E-state index >= 15 is 0 Å². The van der Waals surface area contributed by atoms with Gasteiger partial charge in [-0.2, -0.15) is 13.2 Å². The standard InChI is InChI=1S/C26H29Cl3F3N5O.C6H12IN.C3H8.CH3Cl/c1-25(2,3)23(38)33-13-14-5-6-16(27)22(21(14)29)35-24-34-18-11-17(28)19(12-20(18)36(24)4)37-9-7-15(8-10-37)26(30,31)32;1-8-4-2-6(7)3-5-8;1-3-2;1-2/h5-6,11-12,15H,7-10,13H2,1-4H3,(H,33,38)(H,34,35);6H,2-5H2,1H3;3H2,1-2H3;1H3. The van der Waals surface area contributed by atoms with Gasteiger partial charge < -0.3 is 25.0 Å². The molecule has 2 fully saturated rings. The predicted octanol–water partition coefficient (Wildman–Crippen LogP) is 11.5. The number of anilines is 3. The second-order valence-corrected chi connectivity index (χ2v) is 16.7. The lowest BCUT2D eigenvalue weighted by molar-refractivity contribution is -0.179. The third-order valence-corrected chi connectivity index (χ3v) is 10.7. The highest BCUT2D eigenvalue weighted by Gasteiger charge is 2.41. The summed E-state index contributed by atoms with van der Waals surface area (Å²) in [5.41, 5.74) is 2.60. The molecular formula is C36H52Cl4F3IN6O. The van der Waals surface area contributed by atoms with Crippen molar-refractivity contribution >= 4 is 103 Å². The molecule has 0 spiro atoms. The molecule has 1 amide bonds. The van der Waals surface area contributed by atoms with Crippen LogP contribution in [-0.4, -0.2) is 70.1 Å². The summed E-state index contributed by atoms with van der Waals surface area (Å²) in [4.78, 5) is 21.2. The zero-order valence-electron chi connectivity index (χ0n) is 30.8. The van der Waals surface area contributed by atoms with Crippen molar-refractivity contribution in [3.8, 4) is 0 Å². The maximum absolute atomic E-state index is 13.1. The van der Waals surface area contributed by atoms with Gasteiger partial charge in [-0.15, -0.1) is 11.6 Å². The van der Waals surface area contributed by atoms with E-state index in [4.69, 9.17) is 34.8 Å². The molecule has 7 nitrogen and oxygen atoms in total. The van der Waals surface area contributed by atoms with Gasteiger partial charge in [0.1, 0.15) is 0 Å². The molecule has 51 heavy (non-hydrogen) atoms. The van der Waals surface area contributed by atoms with Gasteiger partial charge >= 0.3 is 6.18 Å². The summed E-state index contributed by atoms with van der Waals surface area (Å²) in [5, 5.41) is 7.21. The normalized spacial score (nSPS) is 16.0. The van der Waals surface area contributed by atoms with Crippen molar-refractivity contribution in [1.29, 1.82) is 0 Å². The average molecular weight is 911 g/mol. The fourth-order valence-corrected chi connectivity index (χ4v) is 6.75. The second-order valence-electron chi connectivity index (χ2n) is 13.7. The van der Waals surface area contributed by atoms with Crippen molar-refractivity contribution in [3.05, 3.63) is 44.9 Å². The number of benzene rings is 2. The molecule has 2 N–H and O–H groups in total. The first-order chi connectivity index (χ1) is 23.9. The molecule has 2 aliphatic heterocycles. The first-order valence-corrected chi connectivity index (χ1v) is 20.2. The van der Waals surface area contributed by atoms with Crippen molar-refractivity contribution in [2.24, 2.45) is 18.4 Å². The first kappa shape index (κ1) is 45.8. The van der Waals surface area contributed by atoms with Crippen LogP contribution in [0, 0.1) is 11.3 Å². The number of likely N-dealkylation sites (tertiary alicyclic amines) is 1. The van der Waals surface area contributed by atoms with Crippen molar-refractivity contribution in [2.45, 2.75) is 83.4 Å². The van der Waals surface area contributed by atoms with Crippen LogP contribution in [0.15, 0.2) is 24.3 Å². The van der Waals surface area contributed by atoms with Crippen LogP contribution in [0.2, 0.25) is 15.1 Å². The van der Waals surface area contributed by atoms with Gasteiger partial charge in [0.25, 0.3) is 0 Å².